The number of aromatic nitrogens is 3. The lowest BCUT2D eigenvalue weighted by Gasteiger charge is -2.21. The van der Waals surface area contributed by atoms with Gasteiger partial charge in [-0.25, -0.2) is 18.4 Å². The van der Waals surface area contributed by atoms with Gasteiger partial charge in [-0.2, -0.15) is 4.31 Å². The van der Waals surface area contributed by atoms with E-state index in [1.807, 2.05) is 5.38 Å². The number of nitrogen functional groups attached to an aromatic ring is 1. The molecular weight excluding hydrogens is 298 g/mol. The Bertz CT molecular complexity index is 721. The fourth-order valence-electron chi connectivity index (χ4n) is 2.42. The zero-order valence-corrected chi connectivity index (χ0v) is 12.6. The number of nitrogens with two attached hydrogens (primary N) is 1. The van der Waals surface area contributed by atoms with Crippen LogP contribution in [0.15, 0.2) is 22.9 Å². The lowest BCUT2D eigenvalue weighted by Crippen LogP contribution is -2.31. The van der Waals surface area contributed by atoms with Crippen molar-refractivity contribution in [2.24, 2.45) is 7.05 Å². The van der Waals surface area contributed by atoms with Gasteiger partial charge in [-0.3, -0.25) is 0 Å². The van der Waals surface area contributed by atoms with Crippen LogP contribution in [0, 0.1) is 0 Å². The molecule has 0 bridgehead atoms. The van der Waals surface area contributed by atoms with Crippen LogP contribution in [0.25, 0.3) is 0 Å². The number of sulfonamides is 1. The number of aryl methyl sites for hydroxylation is 1. The van der Waals surface area contributed by atoms with Crippen molar-refractivity contribution >= 4 is 26.5 Å². The number of hydrogen-bond donors (Lipinski definition) is 1. The first kappa shape index (κ1) is 13.5. The molecule has 1 fully saturated rings. The molecule has 1 atom stereocenters. The van der Waals surface area contributed by atoms with Gasteiger partial charge >= 0.3 is 0 Å². The van der Waals surface area contributed by atoms with Crippen LogP contribution < -0.4 is 5.73 Å². The minimum Gasteiger partial charge on any atom is -0.375 e. The molecule has 9 heteroatoms. The second-order valence-corrected chi connectivity index (χ2v) is 7.49. The molecular formula is C11H15N5O2S2. The van der Waals surface area contributed by atoms with E-state index < -0.39 is 10.0 Å². The van der Waals surface area contributed by atoms with Gasteiger partial charge in [0.2, 0.25) is 0 Å². The van der Waals surface area contributed by atoms with Gasteiger partial charge in [0.25, 0.3) is 10.0 Å². The lowest BCUT2D eigenvalue weighted by molar-refractivity contribution is 0.390. The summed E-state index contributed by atoms with van der Waals surface area (Å²) in [6, 6.07) is -0.240. The van der Waals surface area contributed by atoms with Crippen LogP contribution in [-0.4, -0.2) is 33.8 Å². The molecule has 2 aromatic heterocycles. The van der Waals surface area contributed by atoms with Crippen molar-refractivity contribution in [3.63, 3.8) is 0 Å². The Kier molecular flexibility index (Phi) is 3.27. The average Bonchev–Trinajstić information content (AvgIpc) is 3.07. The van der Waals surface area contributed by atoms with Crippen LogP contribution >= 0.6 is 11.3 Å². The molecule has 2 N–H and O–H groups in total. The fraction of sp³-hybridized carbons (Fsp3) is 0.455. The molecule has 0 aromatic carbocycles. The highest BCUT2D eigenvalue weighted by Gasteiger charge is 2.38. The van der Waals surface area contributed by atoms with Gasteiger partial charge in [-0.1, -0.05) is 0 Å². The van der Waals surface area contributed by atoms with Crippen LogP contribution in [0.1, 0.15) is 24.6 Å². The minimum absolute atomic E-state index is 0.0788. The van der Waals surface area contributed by atoms with E-state index in [2.05, 4.69) is 9.97 Å². The van der Waals surface area contributed by atoms with E-state index in [0.29, 0.717) is 11.7 Å². The van der Waals surface area contributed by atoms with Gasteiger partial charge < -0.3 is 10.3 Å². The minimum atomic E-state index is -3.58. The topological polar surface area (TPSA) is 94.1 Å². The molecule has 0 spiro atoms. The molecule has 0 saturated carbocycles. The number of rotatable bonds is 3. The summed E-state index contributed by atoms with van der Waals surface area (Å²) in [4.78, 5) is 8.18. The van der Waals surface area contributed by atoms with Crippen LogP contribution in [-0.2, 0) is 17.1 Å². The number of thiazole rings is 1. The highest BCUT2D eigenvalue weighted by molar-refractivity contribution is 7.89. The van der Waals surface area contributed by atoms with E-state index in [4.69, 9.17) is 5.73 Å². The molecule has 1 unspecified atom stereocenters. The number of anilines is 1. The summed E-state index contributed by atoms with van der Waals surface area (Å²) in [5, 5.41) is 2.36. The number of hydrogen-bond acceptors (Lipinski definition) is 6. The summed E-state index contributed by atoms with van der Waals surface area (Å²) in [6.07, 6.45) is 4.57. The third-order valence-electron chi connectivity index (χ3n) is 3.34. The van der Waals surface area contributed by atoms with Gasteiger partial charge in [0.05, 0.1) is 18.1 Å². The molecule has 108 valence electrons. The Balaban J connectivity index is 1.96. The Labute approximate surface area is 121 Å². The Morgan fingerprint density at radius 1 is 1.50 bits per heavy atom. The molecule has 2 aromatic rings. The van der Waals surface area contributed by atoms with Gasteiger partial charge in [0.15, 0.2) is 10.2 Å². The van der Waals surface area contributed by atoms with E-state index >= 15 is 0 Å². The molecule has 1 aliphatic heterocycles. The van der Waals surface area contributed by atoms with Gasteiger partial charge in [-0.15, -0.1) is 11.3 Å². The molecule has 1 saturated heterocycles. The Hall–Kier alpha value is -1.45. The highest BCUT2D eigenvalue weighted by Crippen LogP contribution is 2.36. The summed E-state index contributed by atoms with van der Waals surface area (Å²) in [5.41, 5.74) is 6.37. The SMILES string of the molecule is Cn1cnc(S(=O)(=O)N2CCCC2c2csc(N)n2)c1. The van der Waals surface area contributed by atoms with Crippen molar-refractivity contribution in [1.29, 1.82) is 0 Å². The van der Waals surface area contributed by atoms with E-state index in [1.165, 1.54) is 28.2 Å². The molecule has 20 heavy (non-hydrogen) atoms. The molecule has 1 aliphatic rings. The van der Waals surface area contributed by atoms with E-state index in [0.717, 1.165) is 18.5 Å². The quantitative estimate of drug-likeness (QED) is 0.911. The molecule has 0 aliphatic carbocycles. The molecule has 0 amide bonds. The smallest absolute Gasteiger partial charge is 0.262 e. The monoisotopic (exact) mass is 313 g/mol. The van der Waals surface area contributed by atoms with Crippen molar-refractivity contribution in [3.05, 3.63) is 23.6 Å². The first-order chi connectivity index (χ1) is 9.48. The Morgan fingerprint density at radius 3 is 2.90 bits per heavy atom. The second kappa shape index (κ2) is 4.83. The average molecular weight is 313 g/mol. The standard InChI is InChI=1S/C11H15N5O2S2/c1-15-5-10(13-7-15)20(17,18)16-4-2-3-9(16)8-6-19-11(12)14-8/h5-7,9H,2-4H2,1H3,(H2,12,14). The van der Waals surface area contributed by atoms with Crippen molar-refractivity contribution in [3.8, 4) is 0 Å². The van der Waals surface area contributed by atoms with Crippen LogP contribution in [0.2, 0.25) is 0 Å². The second-order valence-electron chi connectivity index (χ2n) is 4.76. The predicted octanol–water partition coefficient (Wildman–Crippen LogP) is 0.985. The number of imidazole rings is 1. The van der Waals surface area contributed by atoms with Crippen molar-refractivity contribution in [2.45, 2.75) is 23.9 Å². The maximum atomic E-state index is 12.6. The van der Waals surface area contributed by atoms with Gasteiger partial charge in [0, 0.05) is 25.2 Å². The first-order valence-electron chi connectivity index (χ1n) is 6.19. The van der Waals surface area contributed by atoms with E-state index in [9.17, 15) is 8.42 Å². The Morgan fingerprint density at radius 2 is 2.30 bits per heavy atom. The maximum absolute atomic E-state index is 12.6. The van der Waals surface area contributed by atoms with Crippen LogP contribution in [0.4, 0.5) is 5.13 Å². The van der Waals surface area contributed by atoms with Gasteiger partial charge in [0.1, 0.15) is 0 Å². The van der Waals surface area contributed by atoms with Crippen LogP contribution in [0.5, 0.6) is 0 Å². The molecule has 7 nitrogen and oxygen atoms in total. The van der Waals surface area contributed by atoms with Crippen molar-refractivity contribution in [1.82, 2.24) is 18.8 Å². The maximum Gasteiger partial charge on any atom is 0.262 e. The van der Waals surface area contributed by atoms with Gasteiger partial charge in [-0.05, 0) is 12.8 Å². The van der Waals surface area contributed by atoms with Crippen molar-refractivity contribution in [2.75, 3.05) is 12.3 Å². The number of nitrogens with zero attached hydrogens (tertiary/aromatic N) is 4. The largest absolute Gasteiger partial charge is 0.375 e. The normalized spacial score (nSPS) is 20.6. The zero-order chi connectivity index (χ0) is 14.3. The summed E-state index contributed by atoms with van der Waals surface area (Å²) in [5.74, 6) is 0. The summed E-state index contributed by atoms with van der Waals surface area (Å²) in [6.45, 7) is 0.487. The molecule has 3 heterocycles. The van der Waals surface area contributed by atoms with Crippen molar-refractivity contribution < 1.29 is 8.42 Å². The van der Waals surface area contributed by atoms with E-state index in [-0.39, 0.29) is 11.1 Å². The first-order valence-corrected chi connectivity index (χ1v) is 8.51. The van der Waals surface area contributed by atoms with Crippen LogP contribution in [0.3, 0.4) is 0 Å². The third kappa shape index (κ3) is 2.21. The highest BCUT2D eigenvalue weighted by atomic mass is 32.2. The molecule has 0 radical (unpaired) electrons. The summed E-state index contributed by atoms with van der Waals surface area (Å²) in [7, 11) is -1.84. The predicted molar refractivity (Wildman–Crippen MR) is 75.6 cm³/mol. The third-order valence-corrected chi connectivity index (χ3v) is 5.83. The lowest BCUT2D eigenvalue weighted by atomic mass is 10.2. The summed E-state index contributed by atoms with van der Waals surface area (Å²) >= 11 is 1.33. The van der Waals surface area contributed by atoms with E-state index in [1.54, 1.807) is 11.6 Å². The molecule has 3 rings (SSSR count). The fourth-order valence-corrected chi connectivity index (χ4v) is 4.67. The zero-order valence-electron chi connectivity index (χ0n) is 10.9. The summed E-state index contributed by atoms with van der Waals surface area (Å²) < 4.78 is 28.4.